The van der Waals surface area contributed by atoms with Crippen LogP contribution in [0.4, 0.5) is 0 Å². The first-order chi connectivity index (χ1) is 19.4. The summed E-state index contributed by atoms with van der Waals surface area (Å²) in [6, 6.07) is 12.0. The third-order valence-electron chi connectivity index (χ3n) is 7.11. The van der Waals surface area contributed by atoms with Crippen molar-refractivity contribution in [2.24, 2.45) is 5.92 Å². The minimum atomic E-state index is -0.0611. The number of hydrogen-bond acceptors (Lipinski definition) is 4. The van der Waals surface area contributed by atoms with Gasteiger partial charge in [-0.15, -0.1) is 0 Å². The number of carbonyl (C=O) groups is 2. The number of fused-ring (bicyclic) bond motifs is 1. The van der Waals surface area contributed by atoms with Gasteiger partial charge in [-0.3, -0.25) is 9.59 Å². The molecule has 1 aliphatic heterocycles. The summed E-state index contributed by atoms with van der Waals surface area (Å²) >= 11 is 0. The first-order valence-electron chi connectivity index (χ1n) is 14.9. The number of nitrogens with one attached hydrogen (secondary N) is 2. The molecular formula is C34H48N4O2. The molecule has 1 fully saturated rings. The molecule has 6 heteroatoms. The molecule has 0 bridgehead atoms. The first kappa shape index (κ1) is 32.7. The maximum Gasteiger partial charge on any atom is 0.251 e. The average molecular weight is 545 g/mol. The van der Waals surface area contributed by atoms with Gasteiger partial charge in [0.15, 0.2) is 0 Å². The highest BCUT2D eigenvalue weighted by atomic mass is 16.1. The van der Waals surface area contributed by atoms with Gasteiger partial charge < -0.3 is 15.0 Å². The molecule has 1 unspecified atom stereocenters. The van der Waals surface area contributed by atoms with Gasteiger partial charge in [-0.05, 0) is 74.5 Å². The maximum absolute atomic E-state index is 12.9. The normalized spacial score (nSPS) is 14.9. The Hall–Kier alpha value is -3.51. The van der Waals surface area contributed by atoms with Gasteiger partial charge in [-0.25, -0.2) is 4.98 Å². The predicted octanol–water partition coefficient (Wildman–Crippen LogP) is 7.42. The molecule has 216 valence electrons. The number of pyridine rings is 1. The topological polar surface area (TPSA) is 75.5 Å². The van der Waals surface area contributed by atoms with Crippen LogP contribution in [0, 0.1) is 12.8 Å². The van der Waals surface area contributed by atoms with Crippen LogP contribution in [-0.2, 0) is 4.79 Å². The molecular weight excluding hydrogens is 496 g/mol. The lowest BCUT2D eigenvalue weighted by Crippen LogP contribution is -2.42. The van der Waals surface area contributed by atoms with E-state index in [1.54, 1.807) is 0 Å². The molecule has 2 aromatic heterocycles. The van der Waals surface area contributed by atoms with E-state index in [-0.39, 0.29) is 11.9 Å². The maximum atomic E-state index is 12.9. The second-order valence-corrected chi connectivity index (χ2v) is 9.69. The lowest BCUT2D eigenvalue weighted by molar-refractivity contribution is -0.104. The molecule has 1 saturated heterocycles. The summed E-state index contributed by atoms with van der Waals surface area (Å²) in [6.07, 6.45) is 9.96. The van der Waals surface area contributed by atoms with E-state index in [0.717, 1.165) is 72.4 Å². The van der Waals surface area contributed by atoms with Crippen molar-refractivity contribution < 1.29 is 9.59 Å². The molecule has 40 heavy (non-hydrogen) atoms. The number of nitrogens with zero attached hydrogens (tertiary/aromatic N) is 2. The molecule has 0 spiro atoms. The lowest BCUT2D eigenvalue weighted by atomic mass is 9.92. The Labute approximate surface area is 241 Å². The van der Waals surface area contributed by atoms with Gasteiger partial charge in [0.25, 0.3) is 5.91 Å². The van der Waals surface area contributed by atoms with E-state index in [1.165, 1.54) is 0 Å². The minimum Gasteiger partial charge on any atom is -0.349 e. The molecule has 4 rings (SSSR count). The average Bonchev–Trinajstić information content (AvgIpc) is 3.34. The summed E-state index contributed by atoms with van der Waals surface area (Å²) in [7, 11) is 0. The Morgan fingerprint density at radius 1 is 1.15 bits per heavy atom. The Balaban J connectivity index is 0.00000134. The molecule has 0 saturated carbocycles. The van der Waals surface area contributed by atoms with Gasteiger partial charge in [-0.1, -0.05) is 84.4 Å². The standard InChI is InChI=1S/C30H36N4O2.2C2H6/c1-5-20(2)10-11-25(21(3)19-35)26-8-6-7-9-27(26)29-22(4)34-17-14-23(18-28(34)33-29)30(36)32-24-12-15-31-16-13-24;2*1-2/h6-11,14,17-20,24,31H,5,12-13,15-16H2,1-4H3,(H,32,36);2*1-2H3/b11-10-,25-21+;;. The van der Waals surface area contributed by atoms with Gasteiger partial charge in [-0.2, -0.15) is 0 Å². The molecule has 1 aromatic carbocycles. The van der Waals surface area contributed by atoms with E-state index in [2.05, 4.69) is 36.6 Å². The highest BCUT2D eigenvalue weighted by molar-refractivity contribution is 5.97. The monoisotopic (exact) mass is 544 g/mol. The van der Waals surface area contributed by atoms with Crippen LogP contribution >= 0.6 is 0 Å². The summed E-state index contributed by atoms with van der Waals surface area (Å²) in [4.78, 5) is 29.6. The minimum absolute atomic E-state index is 0.0611. The Bertz CT molecular complexity index is 1310. The Morgan fingerprint density at radius 2 is 1.82 bits per heavy atom. The zero-order valence-electron chi connectivity index (χ0n) is 25.7. The number of aryl methyl sites for hydroxylation is 1. The smallest absolute Gasteiger partial charge is 0.251 e. The number of benzene rings is 1. The SMILES string of the molecule is CC.CC.CCC(C)/C=C\C(=C(\C)C=O)c1ccccc1-c1nc2cc(C(=O)NC3CCNCC3)ccn2c1C. The summed E-state index contributed by atoms with van der Waals surface area (Å²) in [5, 5.41) is 6.49. The van der Waals surface area contributed by atoms with Crippen LogP contribution in [0.15, 0.2) is 60.3 Å². The third kappa shape index (κ3) is 8.01. The molecule has 3 heterocycles. The van der Waals surface area contributed by atoms with E-state index in [9.17, 15) is 9.59 Å². The molecule has 1 atom stereocenters. The highest BCUT2D eigenvalue weighted by Gasteiger charge is 2.19. The molecule has 1 amide bonds. The number of piperidine rings is 1. The summed E-state index contributed by atoms with van der Waals surface area (Å²) in [5.74, 6) is 0.354. The largest absolute Gasteiger partial charge is 0.349 e. The Morgan fingerprint density at radius 3 is 2.48 bits per heavy atom. The summed E-state index contributed by atoms with van der Waals surface area (Å²) in [5.41, 5.74) is 6.68. The fourth-order valence-electron chi connectivity index (χ4n) is 4.62. The van der Waals surface area contributed by atoms with Crippen LogP contribution in [0.3, 0.4) is 0 Å². The van der Waals surface area contributed by atoms with Crippen molar-refractivity contribution in [1.82, 2.24) is 20.0 Å². The third-order valence-corrected chi connectivity index (χ3v) is 7.11. The van der Waals surface area contributed by atoms with Crippen molar-refractivity contribution in [3.63, 3.8) is 0 Å². The Kier molecular flexibility index (Phi) is 13.5. The van der Waals surface area contributed by atoms with Crippen LogP contribution in [0.2, 0.25) is 0 Å². The quantitative estimate of drug-likeness (QED) is 0.176. The number of carbonyl (C=O) groups excluding carboxylic acids is 2. The van der Waals surface area contributed by atoms with Crippen molar-refractivity contribution in [3.05, 3.63) is 77.1 Å². The fourth-order valence-corrected chi connectivity index (χ4v) is 4.62. The second-order valence-electron chi connectivity index (χ2n) is 9.69. The number of imidazole rings is 1. The van der Waals surface area contributed by atoms with Gasteiger partial charge in [0.05, 0.1) is 5.69 Å². The van der Waals surface area contributed by atoms with Crippen LogP contribution in [0.25, 0.3) is 22.5 Å². The first-order valence-corrected chi connectivity index (χ1v) is 14.9. The number of aromatic nitrogens is 2. The number of allylic oxidation sites excluding steroid dienone is 4. The number of aldehydes is 1. The van der Waals surface area contributed by atoms with Crippen molar-refractivity contribution in [2.45, 2.75) is 80.7 Å². The number of hydrogen-bond donors (Lipinski definition) is 2. The number of amides is 1. The zero-order valence-corrected chi connectivity index (χ0v) is 25.7. The van der Waals surface area contributed by atoms with Crippen LogP contribution in [0.1, 0.15) is 89.3 Å². The molecule has 1 aliphatic rings. The second kappa shape index (κ2) is 16.6. The predicted molar refractivity (Wildman–Crippen MR) is 169 cm³/mol. The molecule has 2 N–H and O–H groups in total. The highest BCUT2D eigenvalue weighted by Crippen LogP contribution is 2.33. The number of rotatable bonds is 8. The van der Waals surface area contributed by atoms with E-state index >= 15 is 0 Å². The van der Waals surface area contributed by atoms with E-state index in [1.807, 2.05) is 88.5 Å². The van der Waals surface area contributed by atoms with Crippen molar-refractivity contribution in [3.8, 4) is 11.3 Å². The summed E-state index contributed by atoms with van der Waals surface area (Å²) in [6.45, 7) is 18.1. The fraction of sp³-hybridized carbons (Fsp3) is 0.441. The van der Waals surface area contributed by atoms with Crippen molar-refractivity contribution in [1.29, 1.82) is 0 Å². The van der Waals surface area contributed by atoms with Crippen LogP contribution < -0.4 is 10.6 Å². The van der Waals surface area contributed by atoms with Gasteiger partial charge >= 0.3 is 0 Å². The van der Waals surface area contributed by atoms with Crippen LogP contribution in [0.5, 0.6) is 0 Å². The van der Waals surface area contributed by atoms with Gasteiger partial charge in [0.2, 0.25) is 0 Å². The zero-order chi connectivity index (χ0) is 29.7. The lowest BCUT2D eigenvalue weighted by Gasteiger charge is -2.23. The van der Waals surface area contributed by atoms with Crippen LogP contribution in [-0.4, -0.2) is 40.7 Å². The molecule has 0 aliphatic carbocycles. The molecule has 6 nitrogen and oxygen atoms in total. The van der Waals surface area contributed by atoms with Gasteiger partial charge in [0.1, 0.15) is 11.9 Å². The van der Waals surface area contributed by atoms with E-state index in [0.29, 0.717) is 17.1 Å². The summed E-state index contributed by atoms with van der Waals surface area (Å²) < 4.78 is 2.01. The van der Waals surface area contributed by atoms with Gasteiger partial charge in [0, 0.05) is 29.1 Å². The van der Waals surface area contributed by atoms with Crippen molar-refractivity contribution in [2.75, 3.05) is 13.1 Å². The molecule has 3 aromatic rings. The van der Waals surface area contributed by atoms with E-state index in [4.69, 9.17) is 4.98 Å². The van der Waals surface area contributed by atoms with E-state index < -0.39 is 0 Å². The molecule has 0 radical (unpaired) electrons. The van der Waals surface area contributed by atoms with Crippen molar-refractivity contribution >= 4 is 23.4 Å².